The fourth-order valence-electron chi connectivity index (χ4n) is 1.72. The molecule has 0 saturated heterocycles. The molecule has 5 nitrogen and oxygen atoms in total. The van der Waals surface area contributed by atoms with Crippen molar-refractivity contribution in [3.05, 3.63) is 48.3 Å². The molecule has 1 amide bonds. The van der Waals surface area contributed by atoms with E-state index in [0.717, 1.165) is 11.3 Å². The third kappa shape index (κ3) is 3.82. The minimum Gasteiger partial charge on any atom is -0.349 e. The van der Waals surface area contributed by atoms with Crippen LogP contribution in [0.4, 0.5) is 0 Å². The van der Waals surface area contributed by atoms with Crippen LogP contribution in [0.3, 0.4) is 0 Å². The molecule has 0 fully saturated rings. The second kappa shape index (κ2) is 6.94. The number of pyridine rings is 1. The van der Waals surface area contributed by atoms with Gasteiger partial charge in [0.2, 0.25) is 0 Å². The maximum absolute atomic E-state index is 12.1. The van der Waals surface area contributed by atoms with Crippen molar-refractivity contribution in [1.82, 2.24) is 19.9 Å². The van der Waals surface area contributed by atoms with Crippen molar-refractivity contribution >= 4 is 17.7 Å². The van der Waals surface area contributed by atoms with Gasteiger partial charge >= 0.3 is 0 Å². The first-order valence-corrected chi connectivity index (χ1v) is 7.37. The normalized spacial score (nSPS) is 10.4. The Labute approximate surface area is 116 Å². The number of hydrogen-bond acceptors (Lipinski definition) is 4. The zero-order chi connectivity index (χ0) is 13.5. The number of hydrogen-bond donors (Lipinski definition) is 1. The van der Waals surface area contributed by atoms with Crippen LogP contribution in [0.1, 0.15) is 16.1 Å². The fraction of sp³-hybridized carbons (Fsp3) is 0.308. The molecule has 0 radical (unpaired) electrons. The lowest BCUT2D eigenvalue weighted by Crippen LogP contribution is -2.28. The summed E-state index contributed by atoms with van der Waals surface area (Å²) in [7, 11) is 0. The average Bonchev–Trinajstić information content (AvgIpc) is 2.93. The van der Waals surface area contributed by atoms with Gasteiger partial charge in [-0.1, -0.05) is 6.07 Å². The third-order valence-electron chi connectivity index (χ3n) is 2.62. The molecule has 19 heavy (non-hydrogen) atoms. The van der Waals surface area contributed by atoms with Gasteiger partial charge in [-0.25, -0.2) is 4.98 Å². The molecular weight excluding hydrogens is 260 g/mol. The Morgan fingerprint density at radius 2 is 2.37 bits per heavy atom. The first kappa shape index (κ1) is 13.6. The van der Waals surface area contributed by atoms with Gasteiger partial charge in [0.1, 0.15) is 5.69 Å². The summed E-state index contributed by atoms with van der Waals surface area (Å²) >= 11 is 1.68. The van der Waals surface area contributed by atoms with E-state index in [1.165, 1.54) is 0 Å². The van der Waals surface area contributed by atoms with Crippen LogP contribution in [-0.4, -0.2) is 33.2 Å². The lowest BCUT2D eigenvalue weighted by Gasteiger charge is -2.08. The molecule has 0 aliphatic rings. The van der Waals surface area contributed by atoms with E-state index in [0.29, 0.717) is 18.8 Å². The van der Waals surface area contributed by atoms with Crippen molar-refractivity contribution < 1.29 is 4.79 Å². The van der Waals surface area contributed by atoms with Gasteiger partial charge < -0.3 is 9.88 Å². The number of rotatable bonds is 6. The van der Waals surface area contributed by atoms with E-state index < -0.39 is 0 Å². The minimum absolute atomic E-state index is 0.121. The number of aromatic nitrogens is 3. The molecule has 0 aliphatic carbocycles. The molecule has 0 spiro atoms. The van der Waals surface area contributed by atoms with E-state index in [1.54, 1.807) is 30.5 Å². The van der Waals surface area contributed by atoms with Crippen molar-refractivity contribution in [2.75, 3.05) is 12.8 Å². The molecule has 2 heterocycles. The van der Waals surface area contributed by atoms with Crippen LogP contribution in [0.15, 0.2) is 37.1 Å². The first-order valence-electron chi connectivity index (χ1n) is 5.98. The zero-order valence-electron chi connectivity index (χ0n) is 10.7. The van der Waals surface area contributed by atoms with Crippen molar-refractivity contribution in [3.63, 3.8) is 0 Å². The van der Waals surface area contributed by atoms with Crippen molar-refractivity contribution in [1.29, 1.82) is 0 Å². The number of nitrogens with one attached hydrogen (secondary N) is 1. The van der Waals surface area contributed by atoms with Crippen LogP contribution in [-0.2, 0) is 12.3 Å². The van der Waals surface area contributed by atoms with Crippen molar-refractivity contribution in [2.45, 2.75) is 12.3 Å². The Morgan fingerprint density at radius 1 is 1.47 bits per heavy atom. The topological polar surface area (TPSA) is 59.8 Å². The molecule has 6 heteroatoms. The standard InChI is InChI=1S/C13H16N4OS/c1-19-9-11-3-2-4-15-12(11)13(18)16-6-8-17-7-5-14-10-17/h2-5,7,10H,6,8-9H2,1H3,(H,16,18). The number of amides is 1. The summed E-state index contributed by atoms with van der Waals surface area (Å²) in [6.45, 7) is 1.26. The Balaban J connectivity index is 1.92. The summed E-state index contributed by atoms with van der Waals surface area (Å²) in [5.41, 5.74) is 1.48. The molecule has 100 valence electrons. The lowest BCUT2D eigenvalue weighted by atomic mass is 10.2. The Bertz CT molecular complexity index is 527. The Kier molecular flexibility index (Phi) is 4.97. The highest BCUT2D eigenvalue weighted by Gasteiger charge is 2.11. The van der Waals surface area contributed by atoms with Crippen LogP contribution in [0.5, 0.6) is 0 Å². The predicted molar refractivity (Wildman–Crippen MR) is 76.0 cm³/mol. The van der Waals surface area contributed by atoms with Crippen molar-refractivity contribution in [3.8, 4) is 0 Å². The van der Waals surface area contributed by atoms with Gasteiger partial charge in [-0.05, 0) is 17.9 Å². The molecule has 0 aromatic carbocycles. The molecule has 0 aliphatic heterocycles. The highest BCUT2D eigenvalue weighted by atomic mass is 32.2. The van der Waals surface area contributed by atoms with Crippen LogP contribution in [0.25, 0.3) is 0 Å². The van der Waals surface area contributed by atoms with Gasteiger partial charge in [0.15, 0.2) is 0 Å². The molecule has 2 aromatic rings. The number of carbonyl (C=O) groups excluding carboxylic acids is 1. The van der Waals surface area contributed by atoms with E-state index in [4.69, 9.17) is 0 Å². The summed E-state index contributed by atoms with van der Waals surface area (Å²) < 4.78 is 1.92. The number of thioether (sulfide) groups is 1. The summed E-state index contributed by atoms with van der Waals surface area (Å²) in [5.74, 6) is 0.669. The largest absolute Gasteiger partial charge is 0.349 e. The molecule has 0 bridgehead atoms. The Hall–Kier alpha value is -1.82. The van der Waals surface area contributed by atoms with Crippen LogP contribution < -0.4 is 5.32 Å². The third-order valence-corrected chi connectivity index (χ3v) is 3.22. The quantitative estimate of drug-likeness (QED) is 0.870. The SMILES string of the molecule is CSCc1cccnc1C(=O)NCCn1ccnc1. The monoisotopic (exact) mass is 276 g/mol. The molecule has 2 aromatic heterocycles. The summed E-state index contributed by atoms with van der Waals surface area (Å²) in [6, 6.07) is 3.79. The molecule has 2 rings (SSSR count). The summed E-state index contributed by atoms with van der Waals surface area (Å²) in [6.07, 6.45) is 8.97. The van der Waals surface area contributed by atoms with Crippen LogP contribution in [0.2, 0.25) is 0 Å². The molecule has 1 N–H and O–H groups in total. The molecule has 0 unspecified atom stereocenters. The van der Waals surface area contributed by atoms with E-state index in [2.05, 4.69) is 15.3 Å². The molecular formula is C13H16N4OS. The van der Waals surface area contributed by atoms with E-state index in [-0.39, 0.29) is 5.91 Å². The van der Waals surface area contributed by atoms with Gasteiger partial charge in [0, 0.05) is 37.4 Å². The maximum atomic E-state index is 12.1. The highest BCUT2D eigenvalue weighted by molar-refractivity contribution is 7.97. The summed E-state index contributed by atoms with van der Waals surface area (Å²) in [5, 5.41) is 2.88. The van der Waals surface area contributed by atoms with Gasteiger partial charge in [0.25, 0.3) is 5.91 Å². The predicted octanol–water partition coefficient (Wildman–Crippen LogP) is 1.57. The van der Waals surface area contributed by atoms with E-state index in [1.807, 2.05) is 29.2 Å². The zero-order valence-corrected chi connectivity index (χ0v) is 11.6. The molecule has 0 atom stereocenters. The van der Waals surface area contributed by atoms with E-state index in [9.17, 15) is 4.79 Å². The first-order chi connectivity index (χ1) is 9.31. The van der Waals surface area contributed by atoms with Gasteiger partial charge in [-0.2, -0.15) is 11.8 Å². The van der Waals surface area contributed by atoms with E-state index >= 15 is 0 Å². The second-order valence-corrected chi connectivity index (χ2v) is 4.87. The number of carbonyl (C=O) groups is 1. The smallest absolute Gasteiger partial charge is 0.270 e. The van der Waals surface area contributed by atoms with Crippen LogP contribution in [0, 0.1) is 0 Å². The van der Waals surface area contributed by atoms with Gasteiger partial charge in [-0.3, -0.25) is 9.78 Å². The number of imidazole rings is 1. The second-order valence-electron chi connectivity index (χ2n) is 4.00. The Morgan fingerprint density at radius 3 is 3.11 bits per heavy atom. The number of nitrogens with zero attached hydrogens (tertiary/aromatic N) is 3. The molecule has 0 saturated carbocycles. The average molecular weight is 276 g/mol. The fourth-order valence-corrected chi connectivity index (χ4v) is 2.26. The lowest BCUT2D eigenvalue weighted by molar-refractivity contribution is 0.0946. The summed E-state index contributed by atoms with van der Waals surface area (Å²) in [4.78, 5) is 20.2. The minimum atomic E-state index is -0.121. The van der Waals surface area contributed by atoms with Crippen LogP contribution >= 0.6 is 11.8 Å². The maximum Gasteiger partial charge on any atom is 0.270 e. The van der Waals surface area contributed by atoms with Gasteiger partial charge in [0.05, 0.1) is 6.33 Å². The van der Waals surface area contributed by atoms with Gasteiger partial charge in [-0.15, -0.1) is 0 Å². The van der Waals surface area contributed by atoms with Crippen molar-refractivity contribution in [2.24, 2.45) is 0 Å². The highest BCUT2D eigenvalue weighted by Crippen LogP contribution is 2.12.